The number of nitro groups is 2. The largest absolute Gasteiger partial charge is 0.465 e. The van der Waals surface area contributed by atoms with Gasteiger partial charge in [-0.3, -0.25) is 20.2 Å². The van der Waals surface area contributed by atoms with Gasteiger partial charge >= 0.3 is 5.97 Å². The molecule has 0 aliphatic heterocycles. The number of nitrogens with one attached hydrogen (secondary N) is 8. The molecule has 0 radical (unpaired) electrons. The fourth-order valence-electron chi connectivity index (χ4n) is 16.7. The number of methoxy groups -OCH3 is 1. The van der Waals surface area contributed by atoms with E-state index in [1.807, 2.05) is 134 Å². The van der Waals surface area contributed by atoms with Crippen LogP contribution in [0.15, 0.2) is 290 Å². The molecule has 0 amide bonds. The van der Waals surface area contributed by atoms with Crippen LogP contribution in [0.4, 0.5) is 15.8 Å². The zero-order valence-corrected chi connectivity index (χ0v) is 62.6. The van der Waals surface area contributed by atoms with E-state index < -0.39 is 0 Å². The van der Waals surface area contributed by atoms with Crippen molar-refractivity contribution in [2.45, 2.75) is 0 Å². The first-order valence-corrected chi connectivity index (χ1v) is 38.0. The van der Waals surface area contributed by atoms with Gasteiger partial charge in [-0.15, -0.1) is 0 Å². The molecule has 0 atom stereocenters. The van der Waals surface area contributed by atoms with Gasteiger partial charge in [0.1, 0.15) is 29.1 Å². The molecule has 8 N–H and O–H groups in total. The summed E-state index contributed by atoms with van der Waals surface area (Å²) in [6.45, 7) is 0. The van der Waals surface area contributed by atoms with E-state index >= 15 is 0 Å². The molecule has 0 aliphatic rings. The molecule has 0 spiro atoms. The minimum Gasteiger partial charge on any atom is -0.465 e. The summed E-state index contributed by atoms with van der Waals surface area (Å²) in [6, 6.07) is 83.9. The number of benzene rings is 16. The van der Waals surface area contributed by atoms with E-state index in [1.165, 1.54) is 34.7 Å². The Kier molecular flexibility index (Phi) is 16.0. The number of aromatic nitrogens is 12. The summed E-state index contributed by atoms with van der Waals surface area (Å²) in [5.41, 5.74) is 15.3. The number of nitro benzene ring substituents is 2. The second-order valence-electron chi connectivity index (χ2n) is 28.5. The highest BCUT2D eigenvalue weighted by atomic mass is 79.9. The lowest BCUT2D eigenvalue weighted by Crippen LogP contribution is -2.00. The highest BCUT2D eigenvalue weighted by molar-refractivity contribution is 9.10. The molecule has 0 saturated heterocycles. The van der Waals surface area contributed by atoms with Crippen LogP contribution in [0.3, 0.4) is 0 Å². The molecule has 0 fully saturated rings. The third-order valence-corrected chi connectivity index (χ3v) is 22.6. The van der Waals surface area contributed by atoms with Crippen LogP contribution in [-0.2, 0) is 4.74 Å². The Labute approximate surface area is 661 Å². The van der Waals surface area contributed by atoms with Crippen LogP contribution in [0.25, 0.3) is 219 Å². The van der Waals surface area contributed by atoms with E-state index in [0.717, 1.165) is 202 Å². The number of para-hydroxylation sites is 1. The van der Waals surface area contributed by atoms with E-state index in [2.05, 4.69) is 153 Å². The molecule has 24 aromatic rings. The predicted molar refractivity (Wildman–Crippen MR) is 466 cm³/mol. The minimum atomic E-state index is -0.370. The number of ether oxygens (including phenoxy) is 1. The van der Waals surface area contributed by atoms with E-state index in [9.17, 15) is 29.4 Å². The molecule has 0 aliphatic carbocycles. The molecule has 8 aromatic heterocycles. The van der Waals surface area contributed by atoms with Gasteiger partial charge < -0.3 is 44.6 Å². The van der Waals surface area contributed by atoms with Gasteiger partial charge in [0.25, 0.3) is 11.4 Å². The number of carbonyl (C=O) groups is 1. The van der Waals surface area contributed by atoms with Crippen molar-refractivity contribution in [3.8, 4) is 45.6 Å². The molecule has 8 heterocycles. The Morgan fingerprint density at radius 2 is 0.638 bits per heavy atom. The molecule has 24 rings (SSSR count). The molecular weight excluding hydrogens is 1520 g/mol. The molecule has 16 aromatic carbocycles. The van der Waals surface area contributed by atoms with Crippen molar-refractivity contribution < 1.29 is 23.8 Å². The maximum absolute atomic E-state index is 13.8. The summed E-state index contributed by atoms with van der Waals surface area (Å²) in [4.78, 5) is 80.6. The number of hydrogen-bond donors (Lipinski definition) is 8. The zero-order valence-electron chi connectivity index (χ0n) is 61.0. The number of esters is 1. The molecule has 22 heteroatoms. The van der Waals surface area contributed by atoms with Crippen molar-refractivity contribution in [1.29, 1.82) is 0 Å². The summed E-state index contributed by atoms with van der Waals surface area (Å²) in [6.07, 6.45) is 7.68. The number of hydrogen-bond acceptors (Lipinski definition) is 10. The maximum atomic E-state index is 13.8. The molecule has 0 saturated carbocycles. The van der Waals surface area contributed by atoms with Gasteiger partial charge in [0.15, 0.2) is 0 Å². The summed E-state index contributed by atoms with van der Waals surface area (Å²) < 4.78 is 19.6. The summed E-state index contributed by atoms with van der Waals surface area (Å²) in [5, 5.41) is 43.6. The fraction of sp³-hybridized carbons (Fsp3) is 0.0106. The standard InChI is InChI=1S/C25H17N3O2.C23H13BrN4O2.C23H14FN3.C23H14N4O2/c1-30-25(29)14-10-11-17-20(13-26-21(17)12-14)24-27-22-18-8-4-2-6-15(18)16-7-3-5-9-19(16)23(22)28-24;24-12-5-8-20-17(9-12)19(11-25-20)23-26-21-16-4-2-1-3-14(16)15-7-6-13(28(29)30)10-18(15)22(21)27-23;24-13-9-10-20-18(11-13)19(12-25-20)23-26-21-16-7-3-1-5-14(16)15-6-2-4-8-17(15)22(21)27-23;28-27(29)13-9-10-15-14-5-1-2-7-17(14)21-22(18(15)11-13)26-23(25-21)19-12-24-20-8-4-3-6-16(19)20/h2-13,26H,1H3,(H,27,28);1-11,25H,(H,26,27);1-12,25H,(H,26,27);1-12,24H,(H,25,26). The molecule has 20 nitrogen and oxygen atoms in total. The number of H-pyrrole nitrogens is 8. The summed E-state index contributed by atoms with van der Waals surface area (Å²) >= 11 is 3.54. The van der Waals surface area contributed by atoms with Crippen LogP contribution in [0.2, 0.25) is 0 Å². The van der Waals surface area contributed by atoms with Crippen LogP contribution < -0.4 is 0 Å². The molecule has 554 valence electrons. The smallest absolute Gasteiger partial charge is 0.337 e. The van der Waals surface area contributed by atoms with Crippen molar-refractivity contribution in [3.05, 3.63) is 322 Å². The quantitative estimate of drug-likeness (QED) is 0.0323. The number of halogens is 2. The first-order valence-electron chi connectivity index (χ1n) is 37.2. The van der Waals surface area contributed by atoms with E-state index in [4.69, 9.17) is 24.7 Å². The third kappa shape index (κ3) is 11.2. The summed E-state index contributed by atoms with van der Waals surface area (Å²) in [5.74, 6) is 2.39. The third-order valence-electron chi connectivity index (χ3n) is 22.1. The van der Waals surface area contributed by atoms with Crippen LogP contribution in [0.1, 0.15) is 10.4 Å². The van der Waals surface area contributed by atoms with Crippen LogP contribution >= 0.6 is 15.9 Å². The number of aromatic amines is 8. The second-order valence-corrected chi connectivity index (χ2v) is 29.4. The van der Waals surface area contributed by atoms with Crippen molar-refractivity contribution in [2.24, 2.45) is 0 Å². The highest BCUT2D eigenvalue weighted by Gasteiger charge is 2.24. The molecule has 0 unspecified atom stereocenters. The lowest BCUT2D eigenvalue weighted by molar-refractivity contribution is -0.384. The Morgan fingerprint density at radius 1 is 0.328 bits per heavy atom. The van der Waals surface area contributed by atoms with Gasteiger partial charge in [-0.2, -0.15) is 0 Å². The Hall–Kier alpha value is -15.7. The number of non-ortho nitro benzene ring substituents is 2. The number of fused-ring (bicyclic) bond motifs is 28. The number of carbonyl (C=O) groups excluding carboxylic acids is 1. The lowest BCUT2D eigenvalue weighted by atomic mass is 9.99. The van der Waals surface area contributed by atoms with Gasteiger partial charge in [0, 0.05) is 162 Å². The monoisotopic (exact) mass is 1580 g/mol. The summed E-state index contributed by atoms with van der Waals surface area (Å²) in [7, 11) is 1.38. The average Bonchev–Trinajstić information content (AvgIpc) is 1.55. The first kappa shape index (κ1) is 68.4. The van der Waals surface area contributed by atoms with E-state index in [1.54, 1.807) is 48.5 Å². The first-order chi connectivity index (χ1) is 56.8. The Morgan fingerprint density at radius 3 is 1.05 bits per heavy atom. The zero-order chi connectivity index (χ0) is 78.1. The van der Waals surface area contributed by atoms with Gasteiger partial charge in [-0.25, -0.2) is 29.1 Å². The predicted octanol–water partition coefficient (Wildman–Crippen LogP) is 24.6. The molecular formula is C94H58BrFN14O6. The van der Waals surface area contributed by atoms with Gasteiger partial charge in [-0.1, -0.05) is 186 Å². The van der Waals surface area contributed by atoms with Crippen molar-refractivity contribution in [1.82, 2.24) is 59.8 Å². The highest BCUT2D eigenvalue weighted by Crippen LogP contribution is 2.44. The van der Waals surface area contributed by atoms with Crippen molar-refractivity contribution >= 4 is 207 Å². The van der Waals surface area contributed by atoms with Crippen LogP contribution in [0.5, 0.6) is 0 Å². The average molecular weight is 1580 g/mol. The minimum absolute atomic E-state index is 0.0552. The molecule has 0 bridgehead atoms. The van der Waals surface area contributed by atoms with Gasteiger partial charge in [0.05, 0.1) is 66.7 Å². The molecule has 116 heavy (non-hydrogen) atoms. The van der Waals surface area contributed by atoms with E-state index in [-0.39, 0.29) is 33.0 Å². The SMILES string of the molecule is COC(=O)c1ccc2c(-c3nc4c5ccccc5c5ccccc5c4[nH]3)c[nH]c2c1.Fc1ccc2[nH]cc(-c3nc4c5ccccc5c5ccccc5c4[nH]3)c2c1.O=[N+]([O-])c1ccc2c3ccccc3c3[nH]c(-c4c[nH]c5ccc(Br)cc45)nc3c2c1.O=[N+]([O-])c1ccc2c3ccccc3c3[nH]c(-c4c[nH]c5ccccc45)nc3c2c1. The van der Waals surface area contributed by atoms with Crippen molar-refractivity contribution in [3.63, 3.8) is 0 Å². The number of rotatable bonds is 7. The Bertz CT molecular complexity index is 8120. The van der Waals surface area contributed by atoms with Gasteiger partial charge in [-0.05, 0) is 110 Å². The lowest BCUT2D eigenvalue weighted by Gasteiger charge is -2.05. The van der Waals surface area contributed by atoms with Crippen molar-refractivity contribution in [2.75, 3.05) is 7.11 Å². The van der Waals surface area contributed by atoms with Crippen LogP contribution in [-0.4, -0.2) is 82.7 Å². The Balaban J connectivity index is 0.0000000967. The normalized spacial score (nSPS) is 11.8. The topological polar surface area (TPSA) is 290 Å². The van der Waals surface area contributed by atoms with E-state index in [0.29, 0.717) is 5.56 Å². The van der Waals surface area contributed by atoms with Gasteiger partial charge in [0.2, 0.25) is 0 Å². The number of nitrogens with zero attached hydrogens (tertiary/aromatic N) is 6. The second kappa shape index (κ2) is 27.1. The van der Waals surface area contributed by atoms with Crippen LogP contribution in [0, 0.1) is 26.0 Å². The number of imidazole rings is 4. The maximum Gasteiger partial charge on any atom is 0.337 e. The fourth-order valence-corrected chi connectivity index (χ4v) is 17.1.